The second-order valence-electron chi connectivity index (χ2n) is 7.85. The number of hydrogen-bond acceptors (Lipinski definition) is 6. The van der Waals surface area contributed by atoms with Crippen LogP contribution in [-0.4, -0.2) is 19.6 Å². The summed E-state index contributed by atoms with van der Waals surface area (Å²) >= 11 is 0. The van der Waals surface area contributed by atoms with E-state index in [2.05, 4.69) is 18.0 Å². The van der Waals surface area contributed by atoms with Crippen molar-refractivity contribution in [1.29, 1.82) is 10.5 Å². The van der Waals surface area contributed by atoms with Crippen LogP contribution in [0.25, 0.3) is 6.08 Å². The van der Waals surface area contributed by atoms with Crippen LogP contribution in [0.15, 0.2) is 78.9 Å². The van der Waals surface area contributed by atoms with E-state index in [1.54, 1.807) is 48.5 Å². The maximum Gasteiger partial charge on any atom is 0.266 e. The Balaban J connectivity index is 1.94. The lowest BCUT2D eigenvalue weighted by Gasteiger charge is -2.17. The highest BCUT2D eigenvalue weighted by molar-refractivity contribution is 6.09. The predicted molar refractivity (Wildman–Crippen MR) is 142 cm³/mol. The van der Waals surface area contributed by atoms with Gasteiger partial charge in [0.15, 0.2) is 11.5 Å². The van der Waals surface area contributed by atoms with Crippen molar-refractivity contribution in [1.82, 2.24) is 0 Å². The Morgan fingerprint density at radius 1 is 1.05 bits per heavy atom. The maximum atomic E-state index is 12.8. The number of allylic oxidation sites excluding steroid dienone is 1. The van der Waals surface area contributed by atoms with Gasteiger partial charge in [0, 0.05) is 22.9 Å². The molecule has 0 atom stereocenters. The molecule has 0 bridgehead atoms. The Kier molecular flexibility index (Phi) is 9.47. The minimum Gasteiger partial charge on any atom is -0.497 e. The number of rotatable bonds is 11. The Hall–Kier alpha value is -5.01. The van der Waals surface area contributed by atoms with Gasteiger partial charge in [0.25, 0.3) is 5.91 Å². The lowest BCUT2D eigenvalue weighted by molar-refractivity contribution is -0.112. The molecule has 7 heteroatoms. The van der Waals surface area contributed by atoms with Gasteiger partial charge in [0.05, 0.1) is 25.3 Å². The van der Waals surface area contributed by atoms with Crippen molar-refractivity contribution in [3.8, 4) is 29.4 Å². The van der Waals surface area contributed by atoms with Crippen LogP contribution in [0, 0.1) is 22.7 Å². The summed E-state index contributed by atoms with van der Waals surface area (Å²) in [5, 5.41) is 21.8. The van der Waals surface area contributed by atoms with Crippen molar-refractivity contribution < 1.29 is 19.0 Å². The average molecular weight is 494 g/mol. The molecular formula is C30H27N3O4. The number of benzene rings is 3. The van der Waals surface area contributed by atoms with Crippen LogP contribution in [0.4, 0.5) is 5.69 Å². The van der Waals surface area contributed by atoms with Gasteiger partial charge < -0.3 is 19.5 Å². The highest BCUT2D eigenvalue weighted by Gasteiger charge is 2.16. The van der Waals surface area contributed by atoms with Gasteiger partial charge in [-0.15, -0.1) is 6.58 Å². The average Bonchev–Trinajstić information content (AvgIpc) is 2.91. The van der Waals surface area contributed by atoms with E-state index in [9.17, 15) is 15.3 Å². The first-order valence-electron chi connectivity index (χ1n) is 11.6. The summed E-state index contributed by atoms with van der Waals surface area (Å²) in [5.41, 5.74) is 3.09. The number of hydrogen-bond donors (Lipinski definition) is 1. The molecule has 3 rings (SSSR count). The number of anilines is 1. The zero-order chi connectivity index (χ0) is 26.6. The smallest absolute Gasteiger partial charge is 0.266 e. The van der Waals surface area contributed by atoms with E-state index in [4.69, 9.17) is 14.2 Å². The van der Waals surface area contributed by atoms with Crippen LogP contribution in [0.3, 0.4) is 0 Å². The molecule has 186 valence electrons. The minimum absolute atomic E-state index is 0.0774. The van der Waals surface area contributed by atoms with Crippen molar-refractivity contribution >= 4 is 17.7 Å². The SMILES string of the molecule is C=CCc1cc(C=C(C#N)C(=O)Nc2cccc(OC)c2)cc(OCC)c1OCc1ccccc1C#N. The largest absolute Gasteiger partial charge is 0.497 e. The van der Waals surface area contributed by atoms with Crippen LogP contribution < -0.4 is 19.5 Å². The Bertz CT molecular complexity index is 1400. The molecule has 0 aromatic heterocycles. The van der Waals surface area contributed by atoms with Crippen molar-refractivity contribution in [2.75, 3.05) is 19.0 Å². The van der Waals surface area contributed by atoms with Crippen LogP contribution in [0.2, 0.25) is 0 Å². The fourth-order valence-corrected chi connectivity index (χ4v) is 3.62. The Morgan fingerprint density at radius 3 is 2.57 bits per heavy atom. The first-order chi connectivity index (χ1) is 18.0. The van der Waals surface area contributed by atoms with Gasteiger partial charge in [-0.3, -0.25) is 4.79 Å². The zero-order valence-corrected chi connectivity index (χ0v) is 20.8. The van der Waals surface area contributed by atoms with E-state index in [0.717, 1.165) is 11.1 Å². The molecule has 37 heavy (non-hydrogen) atoms. The molecule has 0 saturated carbocycles. The molecule has 0 aliphatic heterocycles. The molecule has 0 unspecified atom stereocenters. The molecule has 0 fully saturated rings. The predicted octanol–water partition coefficient (Wildman–Crippen LogP) is 5.82. The lowest BCUT2D eigenvalue weighted by atomic mass is 10.0. The van der Waals surface area contributed by atoms with E-state index in [-0.39, 0.29) is 12.2 Å². The standard InChI is InChI=1S/C30H27N3O4/c1-4-9-22-14-21(15-25(19-32)30(34)33-26-12-8-13-27(17-26)35-3)16-28(36-5-2)29(22)37-20-24-11-7-6-10-23(24)18-31/h4,6-8,10-17H,1,5,9,20H2,2-3H3,(H,33,34). The molecule has 0 saturated heterocycles. The van der Waals surface area contributed by atoms with Gasteiger partial charge >= 0.3 is 0 Å². The second kappa shape index (κ2) is 13.2. The number of carbonyl (C=O) groups is 1. The molecular weight excluding hydrogens is 466 g/mol. The fraction of sp³-hybridized carbons (Fsp3) is 0.167. The van der Waals surface area contributed by atoms with Gasteiger partial charge in [0.2, 0.25) is 0 Å². The van der Waals surface area contributed by atoms with Gasteiger partial charge in [-0.25, -0.2) is 0 Å². The Labute approximate surface area is 216 Å². The number of nitriles is 2. The molecule has 7 nitrogen and oxygen atoms in total. The first kappa shape index (κ1) is 26.6. The summed E-state index contributed by atoms with van der Waals surface area (Å²) in [6.45, 7) is 6.25. The van der Waals surface area contributed by atoms with Crippen LogP contribution in [0.1, 0.15) is 29.2 Å². The van der Waals surface area contributed by atoms with Gasteiger partial charge in [0.1, 0.15) is 24.0 Å². The molecule has 0 radical (unpaired) electrons. The first-order valence-corrected chi connectivity index (χ1v) is 11.6. The van der Waals surface area contributed by atoms with Gasteiger partial charge in [-0.05, 0) is 55.3 Å². The molecule has 0 aliphatic rings. The normalized spacial score (nSPS) is 10.5. The topological polar surface area (TPSA) is 104 Å². The van der Waals surface area contributed by atoms with Crippen LogP contribution in [0.5, 0.6) is 17.2 Å². The van der Waals surface area contributed by atoms with Crippen molar-refractivity contribution in [3.05, 3.63) is 101 Å². The maximum absolute atomic E-state index is 12.8. The van der Waals surface area contributed by atoms with E-state index in [1.807, 2.05) is 31.2 Å². The summed E-state index contributed by atoms with van der Waals surface area (Å²) in [4.78, 5) is 12.8. The Morgan fingerprint density at radius 2 is 1.86 bits per heavy atom. The molecule has 0 aliphatic carbocycles. The highest BCUT2D eigenvalue weighted by atomic mass is 16.5. The zero-order valence-electron chi connectivity index (χ0n) is 20.8. The monoisotopic (exact) mass is 493 g/mol. The fourth-order valence-electron chi connectivity index (χ4n) is 3.62. The van der Waals surface area contributed by atoms with Gasteiger partial charge in [-0.2, -0.15) is 10.5 Å². The number of nitrogens with zero attached hydrogens (tertiary/aromatic N) is 2. The van der Waals surface area contributed by atoms with Crippen LogP contribution >= 0.6 is 0 Å². The summed E-state index contributed by atoms with van der Waals surface area (Å²) in [5.74, 6) is 1.02. The van der Waals surface area contributed by atoms with Gasteiger partial charge in [-0.1, -0.05) is 30.3 Å². The number of methoxy groups -OCH3 is 1. The van der Waals surface area contributed by atoms with Crippen molar-refractivity contribution in [2.24, 2.45) is 0 Å². The minimum atomic E-state index is -0.549. The highest BCUT2D eigenvalue weighted by Crippen LogP contribution is 2.35. The third-order valence-electron chi connectivity index (χ3n) is 5.33. The molecule has 1 amide bonds. The third-order valence-corrected chi connectivity index (χ3v) is 5.33. The molecule has 0 heterocycles. The van der Waals surface area contributed by atoms with Crippen molar-refractivity contribution in [2.45, 2.75) is 20.0 Å². The van der Waals surface area contributed by atoms with E-state index >= 15 is 0 Å². The van der Waals surface area contributed by atoms with E-state index < -0.39 is 5.91 Å². The quantitative estimate of drug-likeness (QED) is 0.205. The summed E-state index contributed by atoms with van der Waals surface area (Å²) < 4.78 is 17.2. The summed E-state index contributed by atoms with van der Waals surface area (Å²) in [6, 6.07) is 21.8. The molecule has 1 N–H and O–H groups in total. The number of ether oxygens (including phenoxy) is 3. The second-order valence-corrected chi connectivity index (χ2v) is 7.85. The number of amides is 1. The van der Waals surface area contributed by atoms with E-state index in [0.29, 0.717) is 47.1 Å². The molecule has 0 spiro atoms. The molecule has 3 aromatic carbocycles. The summed E-state index contributed by atoms with van der Waals surface area (Å²) in [6.07, 6.45) is 3.70. The lowest BCUT2D eigenvalue weighted by Crippen LogP contribution is -2.13. The summed E-state index contributed by atoms with van der Waals surface area (Å²) in [7, 11) is 1.54. The number of carbonyl (C=O) groups excluding carboxylic acids is 1. The third kappa shape index (κ3) is 7.00. The molecule has 3 aromatic rings. The van der Waals surface area contributed by atoms with Crippen molar-refractivity contribution in [3.63, 3.8) is 0 Å². The van der Waals surface area contributed by atoms with Crippen LogP contribution in [-0.2, 0) is 17.8 Å². The number of nitrogens with one attached hydrogen (secondary N) is 1. The van der Waals surface area contributed by atoms with E-state index in [1.165, 1.54) is 13.2 Å².